The number of hydrogen-bond acceptors (Lipinski definition) is 16. The molecule has 0 aromatic carbocycles. The predicted octanol–water partition coefficient (Wildman–Crippen LogP) is 4.92. The summed E-state index contributed by atoms with van der Waals surface area (Å²) in [6.07, 6.45) is -2.13. The summed E-state index contributed by atoms with van der Waals surface area (Å²) in [7, 11) is 2.43. The molecule has 5 rings (SSSR count). The van der Waals surface area contributed by atoms with Crippen molar-refractivity contribution in [2.24, 2.45) is 50.7 Å². The van der Waals surface area contributed by atoms with Gasteiger partial charge in [0.1, 0.15) is 36.6 Å². The van der Waals surface area contributed by atoms with Crippen molar-refractivity contribution in [1.29, 1.82) is 0 Å². The van der Waals surface area contributed by atoms with Crippen LogP contribution in [0.1, 0.15) is 109 Å². The Labute approximate surface area is 357 Å². The van der Waals surface area contributed by atoms with Crippen molar-refractivity contribution in [3.63, 3.8) is 0 Å². The number of ether oxygens (including phenoxy) is 8. The normalized spacial score (nSPS) is 40.2. The third kappa shape index (κ3) is 6.76. The summed E-state index contributed by atoms with van der Waals surface area (Å²) in [6.45, 7) is 18.0. The van der Waals surface area contributed by atoms with E-state index in [4.69, 9.17) is 37.9 Å². The van der Waals surface area contributed by atoms with E-state index in [-0.39, 0.29) is 24.8 Å². The average molecular weight is 859 g/mol. The van der Waals surface area contributed by atoms with Crippen LogP contribution in [0.5, 0.6) is 0 Å². The van der Waals surface area contributed by atoms with Gasteiger partial charge in [-0.1, -0.05) is 32.4 Å². The third-order valence-electron chi connectivity index (χ3n) is 15.7. The lowest BCUT2D eigenvalue weighted by Gasteiger charge is -2.68. The Balaban J connectivity index is 2.08. The fourth-order valence-corrected chi connectivity index (χ4v) is 13.0. The van der Waals surface area contributed by atoms with Gasteiger partial charge in [-0.2, -0.15) is 0 Å². The average Bonchev–Trinajstić information content (AvgIpc) is 3.54. The van der Waals surface area contributed by atoms with Gasteiger partial charge >= 0.3 is 47.8 Å². The van der Waals surface area contributed by atoms with E-state index in [0.29, 0.717) is 5.57 Å². The van der Waals surface area contributed by atoms with Crippen molar-refractivity contribution >= 4 is 47.8 Å². The third-order valence-corrected chi connectivity index (χ3v) is 15.7. The molecule has 61 heavy (non-hydrogen) atoms. The first-order chi connectivity index (χ1) is 28.2. The molecule has 14 atom stereocenters. The number of carbonyl (C=O) groups is 8. The molecule has 1 saturated heterocycles. The molecule has 2 spiro atoms. The van der Waals surface area contributed by atoms with Gasteiger partial charge in [0.2, 0.25) is 0 Å². The van der Waals surface area contributed by atoms with E-state index in [1.807, 2.05) is 0 Å². The van der Waals surface area contributed by atoms with Crippen LogP contribution in [0, 0.1) is 50.7 Å². The van der Waals surface area contributed by atoms with Gasteiger partial charge in [0.05, 0.1) is 36.4 Å². The largest absolute Gasteiger partial charge is 0.469 e. The van der Waals surface area contributed by atoms with Gasteiger partial charge in [0.25, 0.3) is 0 Å². The number of rotatable bonds is 11. The number of methoxy groups -OCH3 is 2. The molecule has 2 bridgehead atoms. The smallest absolute Gasteiger partial charge is 0.333 e. The molecule has 5 aliphatic rings. The Kier molecular flexibility index (Phi) is 12.5. The molecule has 0 aromatic heterocycles. The fourth-order valence-electron chi connectivity index (χ4n) is 13.0. The summed E-state index contributed by atoms with van der Waals surface area (Å²) in [5.41, 5.74) is -8.70. The van der Waals surface area contributed by atoms with E-state index in [1.54, 1.807) is 67.5 Å². The lowest BCUT2D eigenvalue weighted by atomic mass is 9.37. The molecule has 3 saturated carbocycles. The van der Waals surface area contributed by atoms with Crippen LogP contribution in [0.15, 0.2) is 23.3 Å². The van der Waals surface area contributed by atoms with Gasteiger partial charge in [-0.25, -0.2) is 4.79 Å². The first kappa shape index (κ1) is 47.3. The van der Waals surface area contributed by atoms with Crippen molar-refractivity contribution in [2.45, 2.75) is 139 Å². The minimum Gasteiger partial charge on any atom is -0.469 e. The second kappa shape index (κ2) is 16.2. The predicted molar refractivity (Wildman–Crippen MR) is 212 cm³/mol. The maximum absolute atomic E-state index is 14.7. The minimum absolute atomic E-state index is 0.00596. The lowest BCUT2D eigenvalue weighted by Crippen LogP contribution is -2.76. The zero-order valence-corrected chi connectivity index (χ0v) is 37.8. The number of esters is 8. The highest BCUT2D eigenvalue weighted by Crippen LogP contribution is 2.82. The quantitative estimate of drug-likeness (QED) is 0.117. The summed E-state index contributed by atoms with van der Waals surface area (Å²) >= 11 is 0. The summed E-state index contributed by atoms with van der Waals surface area (Å²) < 4.78 is 49.0. The summed E-state index contributed by atoms with van der Waals surface area (Å²) in [5.74, 6) is -9.75. The molecule has 0 N–H and O–H groups in total. The monoisotopic (exact) mass is 858 g/mol. The van der Waals surface area contributed by atoms with Gasteiger partial charge in [-0.3, -0.25) is 33.6 Å². The highest BCUT2D eigenvalue weighted by Gasteiger charge is 2.90. The minimum atomic E-state index is -1.82. The van der Waals surface area contributed by atoms with Crippen molar-refractivity contribution < 1.29 is 76.3 Å². The van der Waals surface area contributed by atoms with E-state index in [2.05, 4.69) is 0 Å². The molecule has 16 nitrogen and oxygen atoms in total. The molecule has 4 aliphatic carbocycles. The molecule has 1 aliphatic heterocycles. The van der Waals surface area contributed by atoms with E-state index in [0.717, 1.165) is 0 Å². The summed E-state index contributed by atoms with van der Waals surface area (Å²) in [5, 5.41) is 0. The van der Waals surface area contributed by atoms with Gasteiger partial charge < -0.3 is 37.9 Å². The maximum atomic E-state index is 14.7. The van der Waals surface area contributed by atoms with Crippen LogP contribution in [0.25, 0.3) is 0 Å². The molecular formula is C45H62O16. The highest BCUT2D eigenvalue weighted by molar-refractivity contribution is 5.88. The lowest BCUT2D eigenvalue weighted by molar-refractivity contribution is -0.283. The van der Waals surface area contributed by atoms with Crippen LogP contribution >= 0.6 is 0 Å². The van der Waals surface area contributed by atoms with Gasteiger partial charge in [-0.15, -0.1) is 0 Å². The zero-order chi connectivity index (χ0) is 46.0. The van der Waals surface area contributed by atoms with Gasteiger partial charge in [0.15, 0.2) is 0 Å². The standard InChI is InChI=1S/C45H62O16/c1-15-22(2)37(51)60-30-18-41(11,25(5)38(52)55-14)31(17-34(50)54-13)43(21-56-26(6)46)35(30)45(24(4)36(43)59-29(9)49)23(3)16-32(57-27(7)47)42(12)33(58-28(8)48)19-40(10)20-44(42,45)61-39(40)53/h15-16,24-25,30-33,35-36H,17-21H2,1-14H3. The van der Waals surface area contributed by atoms with Crippen LogP contribution in [-0.2, 0) is 76.3 Å². The van der Waals surface area contributed by atoms with Crippen LogP contribution < -0.4 is 0 Å². The Morgan fingerprint density at radius 3 is 2.00 bits per heavy atom. The SMILES string of the molecule is CC=C(C)C(=O)OC1CC(C)(C(C)C(=O)OC)C(CC(=O)OC)C2(COC(C)=O)C(OC(C)=O)C(C)C3(C(C)=CC(OC(C)=O)C4(C)C(OC(C)=O)CC5(C)CC43OC5=O)C12. The van der Waals surface area contributed by atoms with Crippen molar-refractivity contribution in [3.05, 3.63) is 23.3 Å². The molecule has 0 aromatic rings. The summed E-state index contributed by atoms with van der Waals surface area (Å²) in [4.78, 5) is 110. The Bertz CT molecular complexity index is 1950. The van der Waals surface area contributed by atoms with Crippen molar-refractivity contribution in [2.75, 3.05) is 20.8 Å². The molecule has 16 heteroatoms. The Morgan fingerprint density at radius 2 is 1.48 bits per heavy atom. The van der Waals surface area contributed by atoms with E-state index in [1.165, 1.54) is 41.9 Å². The van der Waals surface area contributed by atoms with Gasteiger partial charge in [0, 0.05) is 69.8 Å². The molecule has 0 radical (unpaired) electrons. The van der Waals surface area contributed by atoms with Crippen LogP contribution in [0.2, 0.25) is 0 Å². The summed E-state index contributed by atoms with van der Waals surface area (Å²) in [6, 6.07) is 0. The van der Waals surface area contributed by atoms with Gasteiger partial charge in [-0.05, 0) is 58.4 Å². The molecule has 0 amide bonds. The first-order valence-corrected chi connectivity index (χ1v) is 20.8. The van der Waals surface area contributed by atoms with E-state index in [9.17, 15) is 38.4 Å². The van der Waals surface area contributed by atoms with E-state index < -0.39 is 142 Å². The highest BCUT2D eigenvalue weighted by atomic mass is 16.6. The molecule has 338 valence electrons. The van der Waals surface area contributed by atoms with E-state index >= 15 is 0 Å². The Morgan fingerprint density at radius 1 is 0.869 bits per heavy atom. The fraction of sp³-hybridized carbons (Fsp3) is 0.733. The molecule has 4 fully saturated rings. The molecular weight excluding hydrogens is 796 g/mol. The second-order valence-corrected chi connectivity index (χ2v) is 18.7. The van der Waals surface area contributed by atoms with Crippen LogP contribution in [-0.4, -0.2) is 98.6 Å². The second-order valence-electron chi connectivity index (χ2n) is 18.7. The molecule has 14 unspecified atom stereocenters. The maximum Gasteiger partial charge on any atom is 0.333 e. The number of hydrogen-bond donors (Lipinski definition) is 0. The first-order valence-electron chi connectivity index (χ1n) is 20.8. The van der Waals surface area contributed by atoms with Crippen LogP contribution in [0.4, 0.5) is 0 Å². The number of allylic oxidation sites excluding steroid dienone is 1. The zero-order valence-electron chi connectivity index (χ0n) is 37.8. The Hall–Kier alpha value is -4.76. The van der Waals surface area contributed by atoms with Crippen LogP contribution in [0.3, 0.4) is 0 Å². The van der Waals surface area contributed by atoms with Crippen molar-refractivity contribution in [3.8, 4) is 0 Å². The van der Waals surface area contributed by atoms with Crippen molar-refractivity contribution in [1.82, 2.24) is 0 Å². The topological polar surface area (TPSA) is 210 Å². The molecule has 1 heterocycles. The number of fused-ring (bicyclic) bond motifs is 3. The number of carbonyl (C=O) groups excluding carboxylic acids is 8.